The number of benzene rings is 1. The summed E-state index contributed by atoms with van der Waals surface area (Å²) in [5.74, 6) is -0.730. The minimum Gasteiger partial charge on any atom is -0.348 e. The summed E-state index contributed by atoms with van der Waals surface area (Å²) in [5, 5.41) is 2.85. The average molecular weight is 312 g/mol. The summed E-state index contributed by atoms with van der Waals surface area (Å²) in [5.41, 5.74) is 0.717. The Morgan fingerprint density at radius 1 is 1.30 bits per heavy atom. The van der Waals surface area contributed by atoms with E-state index < -0.39 is 5.82 Å². The molecule has 1 N–H and O–H groups in total. The molecule has 0 aliphatic heterocycles. The summed E-state index contributed by atoms with van der Waals surface area (Å²) in [4.78, 5) is 16.2. The van der Waals surface area contributed by atoms with E-state index in [1.54, 1.807) is 41.6 Å². The minimum absolute atomic E-state index is 0.0936. The number of amides is 1. The molecule has 0 spiro atoms. The molecule has 0 fully saturated rings. The van der Waals surface area contributed by atoms with Crippen molar-refractivity contribution in [3.8, 4) is 5.69 Å². The highest BCUT2D eigenvalue weighted by Gasteiger charge is 2.13. The normalized spacial score (nSPS) is 12.1. The van der Waals surface area contributed by atoms with Crippen LogP contribution in [0.3, 0.4) is 0 Å². The predicted molar refractivity (Wildman–Crippen MR) is 84.9 cm³/mol. The molecule has 1 atom stereocenters. The lowest BCUT2D eigenvalue weighted by Crippen LogP contribution is -2.35. The summed E-state index contributed by atoms with van der Waals surface area (Å²) >= 11 is 0. The summed E-state index contributed by atoms with van der Waals surface area (Å²) in [7, 11) is 0. The number of halogens is 1. The van der Waals surface area contributed by atoms with Crippen molar-refractivity contribution in [3.05, 3.63) is 72.8 Å². The van der Waals surface area contributed by atoms with Gasteiger partial charge in [0.05, 0.1) is 12.0 Å². The third kappa shape index (κ3) is 3.48. The summed E-state index contributed by atoms with van der Waals surface area (Å²) in [6.07, 6.45) is 8.71. The van der Waals surface area contributed by atoms with E-state index in [4.69, 9.17) is 0 Å². The van der Waals surface area contributed by atoms with Gasteiger partial charge in [0.25, 0.3) is 5.91 Å². The quantitative estimate of drug-likeness (QED) is 0.787. The summed E-state index contributed by atoms with van der Waals surface area (Å²) in [6, 6.07) is 8.02. The van der Waals surface area contributed by atoms with Gasteiger partial charge in [0, 0.05) is 42.9 Å². The van der Waals surface area contributed by atoms with Crippen LogP contribution >= 0.6 is 0 Å². The van der Waals surface area contributed by atoms with Crippen LogP contribution in [-0.4, -0.2) is 26.1 Å². The number of rotatable bonds is 5. The van der Waals surface area contributed by atoms with Crippen molar-refractivity contribution in [1.29, 1.82) is 0 Å². The van der Waals surface area contributed by atoms with Gasteiger partial charge in [0.15, 0.2) is 0 Å². The topological polar surface area (TPSA) is 51.9 Å². The lowest BCUT2D eigenvalue weighted by molar-refractivity contribution is 0.0936. The Morgan fingerprint density at radius 2 is 2.09 bits per heavy atom. The van der Waals surface area contributed by atoms with Gasteiger partial charge in [-0.3, -0.25) is 4.79 Å². The zero-order valence-corrected chi connectivity index (χ0v) is 12.7. The molecule has 0 saturated heterocycles. The van der Waals surface area contributed by atoms with Gasteiger partial charge in [0.2, 0.25) is 0 Å². The van der Waals surface area contributed by atoms with E-state index in [0.29, 0.717) is 17.8 Å². The van der Waals surface area contributed by atoms with Gasteiger partial charge in [-0.15, -0.1) is 0 Å². The zero-order chi connectivity index (χ0) is 16.2. The van der Waals surface area contributed by atoms with E-state index in [1.807, 2.05) is 29.8 Å². The molecule has 6 heteroatoms. The molecule has 118 valence electrons. The SMILES string of the molecule is C[C@H](Cn1ccnc1)NC(=O)c1ccc(-n2cccc2)c(F)c1. The molecule has 0 bridgehead atoms. The highest BCUT2D eigenvalue weighted by Crippen LogP contribution is 2.15. The molecule has 23 heavy (non-hydrogen) atoms. The predicted octanol–water partition coefficient (Wildman–Crippen LogP) is 2.63. The molecule has 0 saturated carbocycles. The second-order valence-corrected chi connectivity index (χ2v) is 5.39. The number of carbonyl (C=O) groups is 1. The first-order valence-corrected chi connectivity index (χ1v) is 7.33. The molecule has 1 aromatic carbocycles. The second-order valence-electron chi connectivity index (χ2n) is 5.39. The number of nitrogens with one attached hydrogen (secondary N) is 1. The molecule has 0 radical (unpaired) electrons. The van der Waals surface area contributed by atoms with E-state index in [1.165, 1.54) is 6.07 Å². The van der Waals surface area contributed by atoms with Crippen molar-refractivity contribution in [1.82, 2.24) is 19.4 Å². The molecule has 0 aliphatic rings. The number of hydrogen-bond donors (Lipinski definition) is 1. The van der Waals surface area contributed by atoms with Gasteiger partial charge in [-0.1, -0.05) is 0 Å². The standard InChI is InChI=1S/C17H17FN4O/c1-13(11-21-9-6-19-12-21)20-17(23)14-4-5-16(15(18)10-14)22-7-2-3-8-22/h2-10,12-13H,11H2,1H3,(H,20,23)/t13-/m1/s1. The Hall–Kier alpha value is -2.89. The third-order valence-corrected chi connectivity index (χ3v) is 3.51. The van der Waals surface area contributed by atoms with Crippen LogP contribution in [0.4, 0.5) is 4.39 Å². The highest BCUT2D eigenvalue weighted by molar-refractivity contribution is 5.94. The molecule has 2 aromatic heterocycles. The smallest absolute Gasteiger partial charge is 0.251 e. The van der Waals surface area contributed by atoms with Gasteiger partial charge < -0.3 is 14.5 Å². The number of imidazole rings is 1. The Morgan fingerprint density at radius 3 is 2.74 bits per heavy atom. The monoisotopic (exact) mass is 312 g/mol. The van der Waals surface area contributed by atoms with Crippen LogP contribution in [0.25, 0.3) is 5.69 Å². The first kappa shape index (κ1) is 15.0. The van der Waals surface area contributed by atoms with Gasteiger partial charge >= 0.3 is 0 Å². The van der Waals surface area contributed by atoms with Crippen LogP contribution < -0.4 is 5.32 Å². The maximum Gasteiger partial charge on any atom is 0.251 e. The largest absolute Gasteiger partial charge is 0.348 e. The van der Waals surface area contributed by atoms with Gasteiger partial charge in [-0.2, -0.15) is 0 Å². The number of nitrogens with zero attached hydrogens (tertiary/aromatic N) is 3. The van der Waals surface area contributed by atoms with Crippen molar-refractivity contribution in [2.24, 2.45) is 0 Å². The fraction of sp³-hybridized carbons (Fsp3) is 0.176. The summed E-state index contributed by atoms with van der Waals surface area (Å²) < 4.78 is 17.7. The first-order chi connectivity index (χ1) is 11.1. The molecule has 0 unspecified atom stereocenters. The molecule has 1 amide bonds. The van der Waals surface area contributed by atoms with Gasteiger partial charge in [-0.05, 0) is 37.3 Å². The Kier molecular flexibility index (Phi) is 4.23. The fourth-order valence-corrected chi connectivity index (χ4v) is 2.42. The summed E-state index contributed by atoms with van der Waals surface area (Å²) in [6.45, 7) is 2.50. The number of carbonyl (C=O) groups excluding carboxylic acids is 1. The average Bonchev–Trinajstić information content (AvgIpc) is 3.20. The minimum atomic E-state index is -0.434. The first-order valence-electron chi connectivity index (χ1n) is 7.33. The van der Waals surface area contributed by atoms with Crippen molar-refractivity contribution in [3.63, 3.8) is 0 Å². The van der Waals surface area contributed by atoms with E-state index in [2.05, 4.69) is 10.3 Å². The number of hydrogen-bond acceptors (Lipinski definition) is 2. The molecule has 0 aliphatic carbocycles. The highest BCUT2D eigenvalue weighted by atomic mass is 19.1. The Bertz CT molecular complexity index is 781. The third-order valence-electron chi connectivity index (χ3n) is 3.51. The Balaban J connectivity index is 1.69. The van der Waals surface area contributed by atoms with Crippen LogP contribution in [0.1, 0.15) is 17.3 Å². The van der Waals surface area contributed by atoms with E-state index in [0.717, 1.165) is 0 Å². The molecule has 2 heterocycles. The zero-order valence-electron chi connectivity index (χ0n) is 12.7. The lowest BCUT2D eigenvalue weighted by Gasteiger charge is -2.15. The van der Waals surface area contributed by atoms with Crippen LogP contribution in [0, 0.1) is 5.82 Å². The van der Waals surface area contributed by atoms with Gasteiger partial charge in [-0.25, -0.2) is 9.37 Å². The van der Waals surface area contributed by atoms with Crippen LogP contribution in [-0.2, 0) is 6.54 Å². The maximum absolute atomic E-state index is 14.2. The molecule has 3 rings (SSSR count). The molecule has 3 aromatic rings. The van der Waals surface area contributed by atoms with Crippen LogP contribution in [0.15, 0.2) is 61.4 Å². The fourth-order valence-electron chi connectivity index (χ4n) is 2.42. The van der Waals surface area contributed by atoms with Gasteiger partial charge in [0.1, 0.15) is 5.82 Å². The van der Waals surface area contributed by atoms with Crippen molar-refractivity contribution in [2.45, 2.75) is 19.5 Å². The molecule has 5 nitrogen and oxygen atoms in total. The molecular weight excluding hydrogens is 295 g/mol. The van der Waals surface area contributed by atoms with Crippen LogP contribution in [0.5, 0.6) is 0 Å². The number of aromatic nitrogens is 3. The van der Waals surface area contributed by atoms with E-state index in [9.17, 15) is 9.18 Å². The molecular formula is C17H17FN4O. The van der Waals surface area contributed by atoms with Crippen molar-refractivity contribution in [2.75, 3.05) is 0 Å². The van der Waals surface area contributed by atoms with Crippen molar-refractivity contribution < 1.29 is 9.18 Å². The Labute approximate surface area is 133 Å². The van der Waals surface area contributed by atoms with E-state index >= 15 is 0 Å². The second kappa shape index (κ2) is 6.48. The van der Waals surface area contributed by atoms with Crippen LogP contribution in [0.2, 0.25) is 0 Å². The van der Waals surface area contributed by atoms with E-state index in [-0.39, 0.29) is 11.9 Å². The lowest BCUT2D eigenvalue weighted by atomic mass is 10.1. The van der Waals surface area contributed by atoms with Crippen molar-refractivity contribution >= 4 is 5.91 Å². The maximum atomic E-state index is 14.2.